The minimum atomic E-state index is -0.0449. The summed E-state index contributed by atoms with van der Waals surface area (Å²) in [5.41, 5.74) is 1.11. The van der Waals surface area contributed by atoms with Gasteiger partial charge in [0.15, 0.2) is 0 Å². The molecule has 0 radical (unpaired) electrons. The predicted octanol–water partition coefficient (Wildman–Crippen LogP) is 3.09. The molecule has 1 aliphatic heterocycles. The quantitative estimate of drug-likeness (QED) is 0.747. The fourth-order valence-electron chi connectivity index (χ4n) is 2.89. The number of benzene rings is 1. The van der Waals surface area contributed by atoms with E-state index in [9.17, 15) is 4.79 Å². The Morgan fingerprint density at radius 1 is 1.28 bits per heavy atom. The maximum absolute atomic E-state index is 12.4. The van der Waals surface area contributed by atoms with Crippen LogP contribution in [0.3, 0.4) is 0 Å². The number of morpholine rings is 1. The summed E-state index contributed by atoms with van der Waals surface area (Å²) in [6.07, 6.45) is 1.68. The van der Waals surface area contributed by atoms with Crippen LogP contribution in [0.4, 0.5) is 0 Å². The van der Waals surface area contributed by atoms with Gasteiger partial charge in [-0.3, -0.25) is 9.69 Å². The topological polar surface area (TPSA) is 54.5 Å². The minimum absolute atomic E-state index is 0.0449. The normalized spacial score (nSPS) is 15.5. The molecular formula is C18H19N3O2S2. The van der Waals surface area contributed by atoms with Crippen LogP contribution in [-0.4, -0.2) is 55.2 Å². The second kappa shape index (κ2) is 7.61. The summed E-state index contributed by atoms with van der Waals surface area (Å²) in [6.45, 7) is 4.93. The summed E-state index contributed by atoms with van der Waals surface area (Å²) in [7, 11) is 0. The van der Waals surface area contributed by atoms with Crippen molar-refractivity contribution in [1.29, 1.82) is 0 Å². The molecule has 5 nitrogen and oxygen atoms in total. The first kappa shape index (κ1) is 16.7. The van der Waals surface area contributed by atoms with Crippen LogP contribution in [0.2, 0.25) is 0 Å². The van der Waals surface area contributed by atoms with Gasteiger partial charge in [-0.05, 0) is 6.07 Å². The molecule has 25 heavy (non-hydrogen) atoms. The molecule has 1 amide bonds. The van der Waals surface area contributed by atoms with Crippen LogP contribution in [-0.2, 0) is 4.74 Å². The number of carbonyl (C=O) groups excluding carboxylic acids is 1. The maximum Gasteiger partial charge on any atom is 0.263 e. The number of amides is 1. The third-order valence-electron chi connectivity index (χ3n) is 4.26. The van der Waals surface area contributed by atoms with E-state index >= 15 is 0 Å². The average molecular weight is 374 g/mol. The molecule has 0 atom stereocenters. The van der Waals surface area contributed by atoms with Gasteiger partial charge in [-0.2, -0.15) is 0 Å². The lowest BCUT2D eigenvalue weighted by atomic mass is 10.2. The van der Waals surface area contributed by atoms with E-state index in [0.717, 1.165) is 43.4 Å². The number of carbonyl (C=O) groups is 1. The van der Waals surface area contributed by atoms with Crippen LogP contribution < -0.4 is 5.32 Å². The molecule has 1 N–H and O–H groups in total. The molecular weight excluding hydrogens is 354 g/mol. The standard InChI is InChI=1S/C18H19N3O2S2/c22-17(19-5-6-21-7-9-23-10-8-21)16-11-20-18(25-16)14-12-24-15-4-2-1-3-13(14)15/h1-4,11-12H,5-10H2,(H,19,22). The zero-order valence-corrected chi connectivity index (χ0v) is 15.4. The zero-order valence-electron chi connectivity index (χ0n) is 13.7. The predicted molar refractivity (Wildman–Crippen MR) is 103 cm³/mol. The van der Waals surface area contributed by atoms with Crippen LogP contribution in [0.1, 0.15) is 9.67 Å². The first-order valence-electron chi connectivity index (χ1n) is 8.32. The second-order valence-corrected chi connectivity index (χ2v) is 7.83. The van der Waals surface area contributed by atoms with E-state index in [4.69, 9.17) is 4.74 Å². The molecule has 1 aromatic carbocycles. The Morgan fingerprint density at radius 2 is 2.12 bits per heavy atom. The Balaban J connectivity index is 1.39. The fourth-order valence-corrected chi connectivity index (χ4v) is 4.77. The Morgan fingerprint density at radius 3 is 3.00 bits per heavy atom. The number of nitrogens with one attached hydrogen (secondary N) is 1. The van der Waals surface area contributed by atoms with Crippen molar-refractivity contribution in [3.63, 3.8) is 0 Å². The molecule has 0 saturated carbocycles. The lowest BCUT2D eigenvalue weighted by Gasteiger charge is -2.26. The van der Waals surface area contributed by atoms with Crippen LogP contribution in [0.5, 0.6) is 0 Å². The van der Waals surface area contributed by atoms with E-state index in [-0.39, 0.29) is 5.91 Å². The summed E-state index contributed by atoms with van der Waals surface area (Å²) in [4.78, 5) is 19.8. The molecule has 0 bridgehead atoms. The van der Waals surface area contributed by atoms with Crippen molar-refractivity contribution >= 4 is 38.7 Å². The number of aromatic nitrogens is 1. The Hall–Kier alpha value is -1.80. The molecule has 4 rings (SSSR count). The molecule has 1 fully saturated rings. The smallest absolute Gasteiger partial charge is 0.263 e. The Labute approximate surface area is 154 Å². The van der Waals surface area contributed by atoms with E-state index in [1.807, 2.05) is 12.1 Å². The molecule has 1 saturated heterocycles. The lowest BCUT2D eigenvalue weighted by Crippen LogP contribution is -2.41. The van der Waals surface area contributed by atoms with Crippen molar-refractivity contribution in [1.82, 2.24) is 15.2 Å². The lowest BCUT2D eigenvalue weighted by molar-refractivity contribution is 0.0383. The third-order valence-corrected chi connectivity index (χ3v) is 6.25. The highest BCUT2D eigenvalue weighted by Crippen LogP contribution is 2.35. The largest absolute Gasteiger partial charge is 0.379 e. The highest BCUT2D eigenvalue weighted by molar-refractivity contribution is 7.19. The van der Waals surface area contributed by atoms with Gasteiger partial charge in [0.25, 0.3) is 5.91 Å². The number of fused-ring (bicyclic) bond motifs is 1. The number of rotatable bonds is 5. The monoisotopic (exact) mass is 373 g/mol. The summed E-state index contributed by atoms with van der Waals surface area (Å²) < 4.78 is 6.57. The number of hydrogen-bond acceptors (Lipinski definition) is 6. The van der Waals surface area contributed by atoms with E-state index in [1.165, 1.54) is 21.4 Å². The maximum atomic E-state index is 12.4. The molecule has 7 heteroatoms. The van der Waals surface area contributed by atoms with E-state index < -0.39 is 0 Å². The van der Waals surface area contributed by atoms with Crippen molar-refractivity contribution in [2.75, 3.05) is 39.4 Å². The number of thiazole rings is 1. The van der Waals surface area contributed by atoms with Crippen molar-refractivity contribution in [2.24, 2.45) is 0 Å². The van der Waals surface area contributed by atoms with E-state index in [1.54, 1.807) is 17.5 Å². The molecule has 0 aliphatic carbocycles. The van der Waals surface area contributed by atoms with Gasteiger partial charge in [0.2, 0.25) is 0 Å². The molecule has 3 heterocycles. The zero-order chi connectivity index (χ0) is 17.1. The number of hydrogen-bond donors (Lipinski definition) is 1. The number of ether oxygens (including phenoxy) is 1. The first-order valence-corrected chi connectivity index (χ1v) is 10.0. The summed E-state index contributed by atoms with van der Waals surface area (Å²) in [5.74, 6) is -0.0449. The van der Waals surface area contributed by atoms with Crippen molar-refractivity contribution in [3.8, 4) is 10.6 Å². The van der Waals surface area contributed by atoms with Crippen LogP contribution in [0.25, 0.3) is 20.7 Å². The third kappa shape index (κ3) is 3.74. The van der Waals surface area contributed by atoms with E-state index in [0.29, 0.717) is 11.4 Å². The SMILES string of the molecule is O=C(NCCN1CCOCC1)c1cnc(-c2csc3ccccc23)s1. The van der Waals surface area contributed by atoms with Crippen molar-refractivity contribution in [3.05, 3.63) is 40.7 Å². The molecule has 2 aromatic heterocycles. The fraction of sp³-hybridized carbons (Fsp3) is 0.333. The molecule has 130 valence electrons. The minimum Gasteiger partial charge on any atom is -0.379 e. The van der Waals surface area contributed by atoms with Gasteiger partial charge in [-0.15, -0.1) is 22.7 Å². The highest BCUT2D eigenvalue weighted by atomic mass is 32.1. The van der Waals surface area contributed by atoms with Gasteiger partial charge in [-0.25, -0.2) is 4.98 Å². The summed E-state index contributed by atoms with van der Waals surface area (Å²) in [5, 5.41) is 7.20. The van der Waals surface area contributed by atoms with Gasteiger partial charge in [-0.1, -0.05) is 18.2 Å². The highest BCUT2D eigenvalue weighted by Gasteiger charge is 2.15. The molecule has 1 aliphatic rings. The molecule has 0 unspecified atom stereocenters. The number of nitrogens with zero attached hydrogens (tertiary/aromatic N) is 2. The van der Waals surface area contributed by atoms with Crippen LogP contribution in [0, 0.1) is 0 Å². The van der Waals surface area contributed by atoms with Crippen LogP contribution in [0.15, 0.2) is 35.8 Å². The van der Waals surface area contributed by atoms with Gasteiger partial charge in [0, 0.05) is 47.2 Å². The first-order chi connectivity index (χ1) is 12.3. The van der Waals surface area contributed by atoms with E-state index in [2.05, 4.69) is 32.7 Å². The average Bonchev–Trinajstić information content (AvgIpc) is 3.29. The van der Waals surface area contributed by atoms with Crippen LogP contribution >= 0.6 is 22.7 Å². The van der Waals surface area contributed by atoms with Gasteiger partial charge < -0.3 is 10.1 Å². The van der Waals surface area contributed by atoms with Gasteiger partial charge >= 0.3 is 0 Å². The van der Waals surface area contributed by atoms with Crippen molar-refractivity contribution < 1.29 is 9.53 Å². The Bertz CT molecular complexity index is 868. The van der Waals surface area contributed by atoms with Gasteiger partial charge in [0.05, 0.1) is 19.4 Å². The summed E-state index contributed by atoms with van der Waals surface area (Å²) >= 11 is 3.16. The summed E-state index contributed by atoms with van der Waals surface area (Å²) in [6, 6.07) is 8.28. The number of thiophene rings is 1. The Kier molecular flexibility index (Phi) is 5.07. The second-order valence-electron chi connectivity index (χ2n) is 5.89. The molecule has 0 spiro atoms. The molecule has 3 aromatic rings. The van der Waals surface area contributed by atoms with Gasteiger partial charge in [0.1, 0.15) is 9.88 Å². The van der Waals surface area contributed by atoms with Crippen molar-refractivity contribution in [2.45, 2.75) is 0 Å².